The molecule has 0 radical (unpaired) electrons. The summed E-state index contributed by atoms with van der Waals surface area (Å²) in [6, 6.07) is 12.6. The van der Waals surface area contributed by atoms with Crippen LogP contribution in [0.15, 0.2) is 42.5 Å². The van der Waals surface area contributed by atoms with Crippen molar-refractivity contribution in [1.82, 2.24) is 10.6 Å². The fourth-order valence-corrected chi connectivity index (χ4v) is 2.32. The van der Waals surface area contributed by atoms with E-state index in [-0.39, 0.29) is 24.3 Å². The van der Waals surface area contributed by atoms with Gasteiger partial charge >= 0.3 is 0 Å². The lowest BCUT2D eigenvalue weighted by atomic mass is 10.1. The van der Waals surface area contributed by atoms with Crippen molar-refractivity contribution in [1.29, 1.82) is 0 Å². The first-order valence-electron chi connectivity index (χ1n) is 8.34. The molecule has 0 atom stereocenters. The summed E-state index contributed by atoms with van der Waals surface area (Å²) in [5.41, 5.74) is 4.28. The molecule has 0 spiro atoms. The molecule has 2 rings (SSSR count). The quantitative estimate of drug-likeness (QED) is 0.745. The maximum Gasteiger partial charge on any atom is 0.251 e. The molecule has 0 aliphatic rings. The highest BCUT2D eigenvalue weighted by atomic mass is 16.2. The Labute approximate surface area is 153 Å². The second-order valence-corrected chi connectivity index (χ2v) is 6.14. The van der Waals surface area contributed by atoms with Crippen LogP contribution in [0.2, 0.25) is 0 Å². The van der Waals surface area contributed by atoms with E-state index >= 15 is 0 Å². The predicted octanol–water partition coefficient (Wildman–Crippen LogP) is 2.31. The molecule has 0 bridgehead atoms. The number of hydrogen-bond acceptors (Lipinski definition) is 3. The van der Waals surface area contributed by atoms with E-state index in [1.165, 1.54) is 6.92 Å². The van der Waals surface area contributed by atoms with Crippen molar-refractivity contribution in [3.8, 4) is 0 Å². The third-order valence-corrected chi connectivity index (χ3v) is 3.94. The van der Waals surface area contributed by atoms with Crippen LogP contribution in [0.25, 0.3) is 0 Å². The van der Waals surface area contributed by atoms with E-state index in [4.69, 9.17) is 0 Å². The molecule has 0 aliphatic heterocycles. The molecule has 3 N–H and O–H groups in total. The molecule has 26 heavy (non-hydrogen) atoms. The molecule has 6 heteroatoms. The van der Waals surface area contributed by atoms with Gasteiger partial charge in [0, 0.05) is 24.7 Å². The number of hydrogen-bond donors (Lipinski definition) is 3. The lowest BCUT2D eigenvalue weighted by Crippen LogP contribution is -2.36. The molecule has 2 aromatic rings. The molecule has 0 fully saturated rings. The second kappa shape index (κ2) is 8.80. The molecule has 136 valence electrons. The summed E-state index contributed by atoms with van der Waals surface area (Å²) in [5, 5.41) is 8.04. The Bertz CT molecular complexity index is 814. The summed E-state index contributed by atoms with van der Waals surface area (Å²) in [4.78, 5) is 35.0. The molecule has 2 aromatic carbocycles. The minimum absolute atomic E-state index is 0.0876. The third kappa shape index (κ3) is 5.73. The third-order valence-electron chi connectivity index (χ3n) is 3.94. The first kappa shape index (κ1) is 19.2. The Kier molecular flexibility index (Phi) is 6.49. The summed E-state index contributed by atoms with van der Waals surface area (Å²) in [5.74, 6) is -0.679. The SMILES string of the molecule is CC(=O)Nc1ccc(CNC(=O)CNC(=O)c2ccc(C)c(C)c2)cc1. The number of carbonyl (C=O) groups excluding carboxylic acids is 3. The number of benzene rings is 2. The van der Waals surface area contributed by atoms with Gasteiger partial charge in [-0.2, -0.15) is 0 Å². The lowest BCUT2D eigenvalue weighted by molar-refractivity contribution is -0.120. The zero-order valence-corrected chi connectivity index (χ0v) is 15.2. The fourth-order valence-electron chi connectivity index (χ4n) is 2.32. The largest absolute Gasteiger partial charge is 0.350 e. The van der Waals surface area contributed by atoms with E-state index in [1.807, 2.05) is 32.0 Å². The number of aryl methyl sites for hydroxylation is 2. The molecule has 0 saturated heterocycles. The Balaban J connectivity index is 1.78. The van der Waals surface area contributed by atoms with E-state index < -0.39 is 0 Å². The summed E-state index contributed by atoms with van der Waals surface area (Å²) < 4.78 is 0. The zero-order valence-electron chi connectivity index (χ0n) is 15.2. The highest BCUT2D eigenvalue weighted by Crippen LogP contribution is 2.10. The van der Waals surface area contributed by atoms with E-state index in [0.29, 0.717) is 17.8 Å². The van der Waals surface area contributed by atoms with Crippen molar-refractivity contribution < 1.29 is 14.4 Å². The molecule has 0 unspecified atom stereocenters. The lowest BCUT2D eigenvalue weighted by Gasteiger charge is -2.09. The number of anilines is 1. The summed E-state index contributed by atoms with van der Waals surface area (Å²) in [6.45, 7) is 5.62. The minimum atomic E-state index is -0.275. The average Bonchev–Trinajstić information content (AvgIpc) is 2.61. The highest BCUT2D eigenvalue weighted by molar-refractivity contribution is 5.96. The van der Waals surface area contributed by atoms with Gasteiger partial charge < -0.3 is 16.0 Å². The van der Waals surface area contributed by atoms with Crippen LogP contribution in [0, 0.1) is 13.8 Å². The van der Waals surface area contributed by atoms with Crippen molar-refractivity contribution in [2.75, 3.05) is 11.9 Å². The van der Waals surface area contributed by atoms with Crippen LogP contribution >= 0.6 is 0 Å². The normalized spacial score (nSPS) is 10.1. The molecule has 0 aromatic heterocycles. The Morgan fingerprint density at radius 3 is 2.19 bits per heavy atom. The van der Waals surface area contributed by atoms with Gasteiger partial charge in [0.25, 0.3) is 5.91 Å². The Morgan fingerprint density at radius 2 is 1.58 bits per heavy atom. The van der Waals surface area contributed by atoms with Crippen molar-refractivity contribution in [2.24, 2.45) is 0 Å². The van der Waals surface area contributed by atoms with Gasteiger partial charge in [0.1, 0.15) is 0 Å². The fraction of sp³-hybridized carbons (Fsp3) is 0.250. The number of amides is 3. The van der Waals surface area contributed by atoms with Gasteiger partial charge in [-0.15, -0.1) is 0 Å². The van der Waals surface area contributed by atoms with Crippen molar-refractivity contribution in [2.45, 2.75) is 27.3 Å². The molecule has 6 nitrogen and oxygen atoms in total. The van der Waals surface area contributed by atoms with Crippen molar-refractivity contribution in [3.63, 3.8) is 0 Å². The standard InChI is InChI=1S/C20H23N3O3/c1-13-4-7-17(10-14(13)2)20(26)22-12-19(25)21-11-16-5-8-18(9-6-16)23-15(3)24/h4-10H,11-12H2,1-3H3,(H,21,25)(H,22,26)(H,23,24). The zero-order chi connectivity index (χ0) is 19.1. The minimum Gasteiger partial charge on any atom is -0.350 e. The molecule has 0 aliphatic carbocycles. The van der Waals surface area contributed by atoms with Crippen LogP contribution in [0.4, 0.5) is 5.69 Å². The average molecular weight is 353 g/mol. The summed E-state index contributed by atoms with van der Waals surface area (Å²) in [6.07, 6.45) is 0. The van der Waals surface area contributed by atoms with Gasteiger partial charge in [-0.05, 0) is 54.8 Å². The van der Waals surface area contributed by atoms with Gasteiger partial charge in [0.2, 0.25) is 11.8 Å². The summed E-state index contributed by atoms with van der Waals surface area (Å²) in [7, 11) is 0. The smallest absolute Gasteiger partial charge is 0.251 e. The topological polar surface area (TPSA) is 87.3 Å². The van der Waals surface area contributed by atoms with Crippen LogP contribution in [0.3, 0.4) is 0 Å². The van der Waals surface area contributed by atoms with Crippen LogP contribution in [0.5, 0.6) is 0 Å². The Hall–Kier alpha value is -3.15. The predicted molar refractivity (Wildman–Crippen MR) is 101 cm³/mol. The number of nitrogens with one attached hydrogen (secondary N) is 3. The van der Waals surface area contributed by atoms with Crippen molar-refractivity contribution >= 4 is 23.4 Å². The van der Waals surface area contributed by atoms with E-state index in [2.05, 4.69) is 16.0 Å². The van der Waals surface area contributed by atoms with E-state index in [9.17, 15) is 14.4 Å². The first-order chi connectivity index (χ1) is 12.3. The highest BCUT2D eigenvalue weighted by Gasteiger charge is 2.09. The van der Waals surface area contributed by atoms with Gasteiger partial charge in [0.05, 0.1) is 6.54 Å². The van der Waals surface area contributed by atoms with E-state index in [1.54, 1.807) is 24.3 Å². The van der Waals surface area contributed by atoms with Gasteiger partial charge in [-0.25, -0.2) is 0 Å². The molecular weight excluding hydrogens is 330 g/mol. The second-order valence-electron chi connectivity index (χ2n) is 6.14. The van der Waals surface area contributed by atoms with Crippen LogP contribution in [-0.2, 0) is 16.1 Å². The number of rotatable bonds is 6. The maximum atomic E-state index is 12.1. The van der Waals surface area contributed by atoms with Crippen LogP contribution in [0.1, 0.15) is 34.0 Å². The van der Waals surface area contributed by atoms with Gasteiger partial charge in [0.15, 0.2) is 0 Å². The first-order valence-corrected chi connectivity index (χ1v) is 8.34. The molecule has 0 saturated carbocycles. The molecular formula is C20H23N3O3. The molecule has 3 amide bonds. The van der Waals surface area contributed by atoms with Crippen LogP contribution < -0.4 is 16.0 Å². The van der Waals surface area contributed by atoms with E-state index in [0.717, 1.165) is 16.7 Å². The summed E-state index contributed by atoms with van der Waals surface area (Å²) >= 11 is 0. The maximum absolute atomic E-state index is 12.1. The van der Waals surface area contributed by atoms with Crippen LogP contribution in [-0.4, -0.2) is 24.3 Å². The molecule has 0 heterocycles. The Morgan fingerprint density at radius 1 is 0.885 bits per heavy atom. The van der Waals surface area contributed by atoms with Crippen molar-refractivity contribution in [3.05, 3.63) is 64.7 Å². The number of carbonyl (C=O) groups is 3. The van der Waals surface area contributed by atoms with Gasteiger partial charge in [-0.1, -0.05) is 18.2 Å². The van der Waals surface area contributed by atoms with Gasteiger partial charge in [-0.3, -0.25) is 14.4 Å². The monoisotopic (exact) mass is 353 g/mol.